The molecule has 2 aliphatic rings. The average Bonchev–Trinajstić information content (AvgIpc) is 3.25. The van der Waals surface area contributed by atoms with Crippen molar-refractivity contribution in [1.29, 1.82) is 0 Å². The molecule has 6 nitrogen and oxygen atoms in total. The van der Waals surface area contributed by atoms with Gasteiger partial charge in [-0.2, -0.15) is 10.1 Å². The van der Waals surface area contributed by atoms with Gasteiger partial charge in [-0.05, 0) is 56.7 Å². The monoisotopic (exact) mass is 451 g/mol. The Balaban J connectivity index is 1.30. The number of thiazole rings is 1. The molecule has 0 spiro atoms. The summed E-state index contributed by atoms with van der Waals surface area (Å²) >= 11 is 1.73. The fourth-order valence-electron chi connectivity index (χ4n) is 5.12. The predicted octanol–water partition coefficient (Wildman–Crippen LogP) is 5.11. The van der Waals surface area contributed by atoms with Crippen molar-refractivity contribution in [2.24, 2.45) is 5.92 Å². The van der Waals surface area contributed by atoms with Crippen LogP contribution in [0.2, 0.25) is 0 Å². The molecule has 0 unspecified atom stereocenters. The van der Waals surface area contributed by atoms with E-state index in [0.717, 1.165) is 65.9 Å². The first-order valence-electron chi connectivity index (χ1n) is 12.0. The standard InChI is InChI=1S/C25H33N5OS/c1-18-8-6-11-21(16-18)30-24-23(19(2)27-30)32-25(26-24)29-13-7-12-28(14-15-29)22(31)17-20-9-4-3-5-10-20/h6,8,11,16,20H,3-5,7,9-10,12-15,17H2,1-2H3. The summed E-state index contributed by atoms with van der Waals surface area (Å²) in [6.45, 7) is 7.62. The van der Waals surface area contributed by atoms with E-state index >= 15 is 0 Å². The van der Waals surface area contributed by atoms with Gasteiger partial charge in [-0.25, -0.2) is 4.68 Å². The number of nitrogens with zero attached hydrogens (tertiary/aromatic N) is 5. The van der Waals surface area contributed by atoms with Crippen molar-refractivity contribution < 1.29 is 4.79 Å². The molecule has 7 heteroatoms. The number of aromatic nitrogens is 3. The number of amides is 1. The number of fused-ring (bicyclic) bond motifs is 1. The maximum absolute atomic E-state index is 12.9. The summed E-state index contributed by atoms with van der Waals surface area (Å²) in [5.74, 6) is 0.960. The van der Waals surface area contributed by atoms with Gasteiger partial charge in [-0.15, -0.1) is 0 Å². The Bertz CT molecular complexity index is 1100. The second-order valence-electron chi connectivity index (χ2n) is 9.41. The van der Waals surface area contributed by atoms with E-state index in [9.17, 15) is 4.79 Å². The zero-order valence-electron chi connectivity index (χ0n) is 19.2. The van der Waals surface area contributed by atoms with Gasteiger partial charge in [0.2, 0.25) is 5.91 Å². The van der Waals surface area contributed by atoms with Gasteiger partial charge >= 0.3 is 0 Å². The first kappa shape index (κ1) is 21.4. The smallest absolute Gasteiger partial charge is 0.222 e. The van der Waals surface area contributed by atoms with Crippen molar-refractivity contribution in [3.63, 3.8) is 0 Å². The number of carbonyl (C=O) groups excluding carboxylic acids is 1. The highest BCUT2D eigenvalue weighted by Gasteiger charge is 2.25. The van der Waals surface area contributed by atoms with E-state index in [-0.39, 0.29) is 0 Å². The van der Waals surface area contributed by atoms with Gasteiger partial charge in [0.15, 0.2) is 10.8 Å². The highest BCUT2D eigenvalue weighted by atomic mass is 32.1. The van der Waals surface area contributed by atoms with E-state index in [2.05, 4.69) is 47.9 Å². The van der Waals surface area contributed by atoms with E-state index < -0.39 is 0 Å². The van der Waals surface area contributed by atoms with Crippen LogP contribution in [0.3, 0.4) is 0 Å². The molecule has 1 saturated carbocycles. The summed E-state index contributed by atoms with van der Waals surface area (Å²) in [5.41, 5.74) is 4.21. The summed E-state index contributed by atoms with van der Waals surface area (Å²) in [4.78, 5) is 22.4. The van der Waals surface area contributed by atoms with Crippen molar-refractivity contribution in [1.82, 2.24) is 19.7 Å². The number of anilines is 1. The van der Waals surface area contributed by atoms with Crippen molar-refractivity contribution in [3.05, 3.63) is 35.5 Å². The van der Waals surface area contributed by atoms with Crippen molar-refractivity contribution in [2.75, 3.05) is 31.1 Å². The lowest BCUT2D eigenvalue weighted by Gasteiger charge is -2.26. The molecule has 2 fully saturated rings. The molecule has 0 N–H and O–H groups in total. The van der Waals surface area contributed by atoms with Gasteiger partial charge in [0.05, 0.1) is 16.1 Å². The Morgan fingerprint density at radius 2 is 1.91 bits per heavy atom. The van der Waals surface area contributed by atoms with Gasteiger partial charge in [-0.3, -0.25) is 4.79 Å². The molecule has 1 amide bonds. The summed E-state index contributed by atoms with van der Waals surface area (Å²) in [6, 6.07) is 8.39. The summed E-state index contributed by atoms with van der Waals surface area (Å²) in [7, 11) is 0. The van der Waals surface area contributed by atoms with Crippen LogP contribution in [0.1, 0.15) is 56.2 Å². The highest BCUT2D eigenvalue weighted by molar-refractivity contribution is 7.22. The minimum absolute atomic E-state index is 0.356. The SMILES string of the molecule is Cc1cccc(-n2nc(C)c3sc(N4CCCN(C(=O)CC5CCCCC5)CC4)nc32)c1. The van der Waals surface area contributed by atoms with Gasteiger partial charge in [0, 0.05) is 32.6 Å². The van der Waals surface area contributed by atoms with Crippen molar-refractivity contribution in [2.45, 2.75) is 58.8 Å². The van der Waals surface area contributed by atoms with E-state index in [4.69, 9.17) is 10.1 Å². The number of rotatable bonds is 4. The topological polar surface area (TPSA) is 54.3 Å². The molecule has 0 radical (unpaired) electrons. The van der Waals surface area contributed by atoms with Crippen LogP contribution < -0.4 is 4.90 Å². The second kappa shape index (κ2) is 9.22. The number of hydrogen-bond donors (Lipinski definition) is 0. The molecule has 1 aliphatic heterocycles. The Morgan fingerprint density at radius 3 is 2.72 bits per heavy atom. The summed E-state index contributed by atoms with van der Waals surface area (Å²) < 4.78 is 3.12. The van der Waals surface area contributed by atoms with Crippen LogP contribution in [0.5, 0.6) is 0 Å². The predicted molar refractivity (Wildman–Crippen MR) is 131 cm³/mol. The lowest BCUT2D eigenvalue weighted by Crippen LogP contribution is -2.36. The van der Waals surface area contributed by atoms with Crippen LogP contribution in [-0.4, -0.2) is 51.8 Å². The fourth-order valence-corrected chi connectivity index (χ4v) is 6.16. The fraction of sp³-hybridized carbons (Fsp3) is 0.560. The Morgan fingerprint density at radius 1 is 1.06 bits per heavy atom. The maximum atomic E-state index is 12.9. The quantitative estimate of drug-likeness (QED) is 0.553. The molecule has 32 heavy (non-hydrogen) atoms. The normalized spacial score (nSPS) is 18.3. The van der Waals surface area contributed by atoms with Crippen molar-refractivity contribution >= 4 is 32.7 Å². The molecule has 5 rings (SSSR count). The molecule has 3 heterocycles. The molecule has 3 aromatic rings. The number of carbonyl (C=O) groups is 1. The van der Waals surface area contributed by atoms with E-state index in [1.54, 1.807) is 11.3 Å². The molecular weight excluding hydrogens is 418 g/mol. The lowest BCUT2D eigenvalue weighted by atomic mass is 9.86. The van der Waals surface area contributed by atoms with E-state index in [1.165, 1.54) is 37.7 Å². The Hall–Kier alpha value is -2.41. The van der Waals surface area contributed by atoms with Crippen LogP contribution in [-0.2, 0) is 4.79 Å². The highest BCUT2D eigenvalue weighted by Crippen LogP contribution is 2.33. The van der Waals surface area contributed by atoms with Gasteiger partial charge in [-0.1, -0.05) is 42.7 Å². The first-order valence-corrected chi connectivity index (χ1v) is 12.9. The molecule has 0 atom stereocenters. The summed E-state index contributed by atoms with van der Waals surface area (Å²) in [6.07, 6.45) is 8.13. The van der Waals surface area contributed by atoms with Gasteiger partial charge < -0.3 is 9.80 Å². The molecular formula is C25H33N5OS. The van der Waals surface area contributed by atoms with Crippen LogP contribution in [0, 0.1) is 19.8 Å². The zero-order chi connectivity index (χ0) is 22.1. The molecule has 1 saturated heterocycles. The molecule has 2 aromatic heterocycles. The maximum Gasteiger partial charge on any atom is 0.222 e. The second-order valence-corrected chi connectivity index (χ2v) is 10.4. The largest absolute Gasteiger partial charge is 0.346 e. The molecule has 170 valence electrons. The van der Waals surface area contributed by atoms with Crippen molar-refractivity contribution in [3.8, 4) is 5.69 Å². The number of aryl methyl sites for hydroxylation is 2. The average molecular weight is 452 g/mol. The van der Waals surface area contributed by atoms with Crippen LogP contribution >= 0.6 is 11.3 Å². The molecule has 1 aromatic carbocycles. The van der Waals surface area contributed by atoms with Crippen LogP contribution in [0.15, 0.2) is 24.3 Å². The lowest BCUT2D eigenvalue weighted by molar-refractivity contribution is -0.132. The zero-order valence-corrected chi connectivity index (χ0v) is 20.0. The van der Waals surface area contributed by atoms with E-state index in [0.29, 0.717) is 11.8 Å². The Labute approximate surface area is 194 Å². The number of benzene rings is 1. The van der Waals surface area contributed by atoms with Crippen LogP contribution in [0.25, 0.3) is 16.0 Å². The minimum Gasteiger partial charge on any atom is -0.346 e. The van der Waals surface area contributed by atoms with Gasteiger partial charge in [0.1, 0.15) is 0 Å². The third-order valence-corrected chi connectivity index (χ3v) is 8.14. The molecule has 1 aliphatic carbocycles. The Kier molecular flexibility index (Phi) is 6.17. The van der Waals surface area contributed by atoms with Crippen LogP contribution in [0.4, 0.5) is 5.13 Å². The van der Waals surface area contributed by atoms with Gasteiger partial charge in [0.25, 0.3) is 0 Å². The molecule has 0 bridgehead atoms. The third kappa shape index (κ3) is 4.40. The van der Waals surface area contributed by atoms with E-state index in [1.807, 2.05) is 4.68 Å². The number of hydrogen-bond acceptors (Lipinski definition) is 5. The third-order valence-electron chi connectivity index (χ3n) is 6.93. The first-order chi connectivity index (χ1) is 15.6. The summed E-state index contributed by atoms with van der Waals surface area (Å²) in [5, 5.41) is 5.79. The minimum atomic E-state index is 0.356.